The molecule has 3 aromatic rings. The average Bonchev–Trinajstić information content (AvgIpc) is 3.14. The summed E-state index contributed by atoms with van der Waals surface area (Å²) in [4.78, 5) is 16.6. The molecule has 0 aliphatic rings. The van der Waals surface area contributed by atoms with E-state index >= 15 is 0 Å². The first kappa shape index (κ1) is 19.1. The molecule has 0 aliphatic heterocycles. The summed E-state index contributed by atoms with van der Waals surface area (Å²) in [7, 11) is 3.20. The van der Waals surface area contributed by atoms with Crippen LogP contribution in [0.15, 0.2) is 60.0 Å². The van der Waals surface area contributed by atoms with Gasteiger partial charge < -0.3 is 14.8 Å². The third kappa shape index (κ3) is 4.75. The van der Waals surface area contributed by atoms with Gasteiger partial charge in [0.1, 0.15) is 11.5 Å². The summed E-state index contributed by atoms with van der Waals surface area (Å²) in [5.41, 5.74) is 1.47. The molecule has 0 fully saturated rings. The van der Waals surface area contributed by atoms with Gasteiger partial charge in [-0.25, -0.2) is 4.98 Å². The zero-order valence-corrected chi connectivity index (χ0v) is 16.4. The summed E-state index contributed by atoms with van der Waals surface area (Å²) >= 11 is 7.26. The maximum atomic E-state index is 12.2. The molecule has 8 heteroatoms. The molecule has 0 atom stereocenters. The van der Waals surface area contributed by atoms with Gasteiger partial charge in [-0.05, 0) is 30.3 Å². The van der Waals surface area contributed by atoms with Crippen LogP contribution in [0.3, 0.4) is 0 Å². The van der Waals surface area contributed by atoms with Gasteiger partial charge in [0.15, 0.2) is 5.16 Å². The van der Waals surface area contributed by atoms with Crippen molar-refractivity contribution in [3.63, 3.8) is 0 Å². The molecule has 3 rings (SSSR count). The number of hydrogen-bond acceptors (Lipinski definition) is 5. The fourth-order valence-electron chi connectivity index (χ4n) is 2.46. The van der Waals surface area contributed by atoms with Gasteiger partial charge in [-0.1, -0.05) is 29.4 Å². The van der Waals surface area contributed by atoms with Gasteiger partial charge in [0, 0.05) is 29.2 Å². The minimum atomic E-state index is -0.140. The smallest absolute Gasteiger partial charge is 0.234 e. The lowest BCUT2D eigenvalue weighted by molar-refractivity contribution is -0.113. The van der Waals surface area contributed by atoms with E-state index in [1.165, 1.54) is 11.8 Å². The number of carbonyl (C=O) groups excluding carboxylic acids is 1. The van der Waals surface area contributed by atoms with Crippen molar-refractivity contribution in [3.05, 3.63) is 59.9 Å². The van der Waals surface area contributed by atoms with E-state index in [-0.39, 0.29) is 11.7 Å². The fourth-order valence-corrected chi connectivity index (χ4v) is 3.41. The highest BCUT2D eigenvalue weighted by Gasteiger charge is 2.13. The van der Waals surface area contributed by atoms with Crippen molar-refractivity contribution < 1.29 is 14.3 Å². The van der Waals surface area contributed by atoms with E-state index in [1.807, 2.05) is 22.9 Å². The molecule has 0 saturated heterocycles. The minimum absolute atomic E-state index is 0.140. The predicted octanol–water partition coefficient (Wildman–Crippen LogP) is 4.27. The van der Waals surface area contributed by atoms with Crippen LogP contribution in [0.25, 0.3) is 5.69 Å². The lowest BCUT2D eigenvalue weighted by atomic mass is 10.2. The Labute approximate surface area is 166 Å². The van der Waals surface area contributed by atoms with E-state index in [0.717, 1.165) is 5.69 Å². The van der Waals surface area contributed by atoms with E-state index in [4.69, 9.17) is 21.1 Å². The Balaban J connectivity index is 1.71. The zero-order chi connectivity index (χ0) is 19.2. The number of anilines is 1. The number of hydrogen-bond donors (Lipinski definition) is 1. The Kier molecular flexibility index (Phi) is 6.26. The minimum Gasteiger partial charge on any atom is -0.497 e. The second-order valence-corrected chi connectivity index (χ2v) is 6.84. The molecule has 27 heavy (non-hydrogen) atoms. The maximum absolute atomic E-state index is 12.2. The molecule has 1 heterocycles. The van der Waals surface area contributed by atoms with Crippen molar-refractivity contribution in [2.24, 2.45) is 0 Å². The predicted molar refractivity (Wildman–Crippen MR) is 107 cm³/mol. The third-order valence-corrected chi connectivity index (χ3v) is 4.90. The highest BCUT2D eigenvalue weighted by Crippen LogP contribution is 2.30. The number of methoxy groups -OCH3 is 2. The number of carbonyl (C=O) groups is 1. The van der Waals surface area contributed by atoms with Gasteiger partial charge >= 0.3 is 0 Å². The molecule has 6 nitrogen and oxygen atoms in total. The van der Waals surface area contributed by atoms with Crippen LogP contribution >= 0.6 is 23.4 Å². The molecule has 0 saturated carbocycles. The van der Waals surface area contributed by atoms with Gasteiger partial charge in [-0.2, -0.15) is 0 Å². The Morgan fingerprint density at radius 2 is 2.07 bits per heavy atom. The van der Waals surface area contributed by atoms with Gasteiger partial charge in [0.2, 0.25) is 5.91 Å². The van der Waals surface area contributed by atoms with Crippen LogP contribution in [-0.2, 0) is 4.79 Å². The van der Waals surface area contributed by atoms with Crippen LogP contribution in [0.5, 0.6) is 11.5 Å². The first-order valence-electron chi connectivity index (χ1n) is 8.04. The molecular weight excluding hydrogens is 386 g/mol. The first-order chi connectivity index (χ1) is 13.1. The standard InChI is InChI=1S/C19H18ClN3O3S/c1-25-15-6-7-16(17(11-15)26-2)23-9-8-21-19(23)27-12-18(24)22-14-5-3-4-13(20)10-14/h3-11H,12H2,1-2H3,(H,22,24). The molecule has 1 N–H and O–H groups in total. The molecule has 0 radical (unpaired) electrons. The maximum Gasteiger partial charge on any atom is 0.234 e. The van der Waals surface area contributed by atoms with Crippen LogP contribution in [0.4, 0.5) is 5.69 Å². The van der Waals surface area contributed by atoms with Crippen LogP contribution in [0.1, 0.15) is 0 Å². The average molecular weight is 404 g/mol. The van der Waals surface area contributed by atoms with E-state index in [2.05, 4.69) is 10.3 Å². The van der Waals surface area contributed by atoms with Crippen molar-refractivity contribution in [3.8, 4) is 17.2 Å². The number of rotatable bonds is 7. The lowest BCUT2D eigenvalue weighted by Crippen LogP contribution is -2.14. The lowest BCUT2D eigenvalue weighted by Gasteiger charge is -2.13. The Bertz CT molecular complexity index is 945. The second kappa shape index (κ2) is 8.83. The van der Waals surface area contributed by atoms with Gasteiger partial charge in [0.25, 0.3) is 0 Å². The number of nitrogens with one attached hydrogen (secondary N) is 1. The summed E-state index contributed by atoms with van der Waals surface area (Å²) in [6, 6.07) is 12.6. The SMILES string of the molecule is COc1ccc(-n2ccnc2SCC(=O)Nc2cccc(Cl)c2)c(OC)c1. The molecule has 0 spiro atoms. The Morgan fingerprint density at radius 3 is 2.81 bits per heavy atom. The Hall–Kier alpha value is -2.64. The zero-order valence-electron chi connectivity index (χ0n) is 14.8. The molecule has 0 bridgehead atoms. The molecule has 1 aromatic heterocycles. The largest absolute Gasteiger partial charge is 0.497 e. The van der Waals surface area contributed by atoms with Gasteiger partial charge in [-0.3, -0.25) is 9.36 Å². The van der Waals surface area contributed by atoms with Crippen molar-refractivity contribution in [1.82, 2.24) is 9.55 Å². The summed E-state index contributed by atoms with van der Waals surface area (Å²) in [5.74, 6) is 1.42. The first-order valence-corrected chi connectivity index (χ1v) is 9.41. The van der Waals surface area contributed by atoms with E-state index in [9.17, 15) is 4.79 Å². The number of benzene rings is 2. The normalized spacial score (nSPS) is 10.5. The van der Waals surface area contributed by atoms with E-state index in [1.54, 1.807) is 50.7 Å². The van der Waals surface area contributed by atoms with Gasteiger partial charge in [-0.15, -0.1) is 0 Å². The summed E-state index contributed by atoms with van der Waals surface area (Å²) < 4.78 is 12.6. The van der Waals surface area contributed by atoms with E-state index in [0.29, 0.717) is 27.4 Å². The van der Waals surface area contributed by atoms with E-state index < -0.39 is 0 Å². The van der Waals surface area contributed by atoms with Crippen molar-refractivity contribution in [2.45, 2.75) is 5.16 Å². The third-order valence-electron chi connectivity index (χ3n) is 3.69. The van der Waals surface area contributed by atoms with Crippen LogP contribution < -0.4 is 14.8 Å². The summed E-state index contributed by atoms with van der Waals surface area (Å²) in [6.07, 6.45) is 3.50. The monoisotopic (exact) mass is 403 g/mol. The number of ether oxygens (including phenoxy) is 2. The Morgan fingerprint density at radius 1 is 1.22 bits per heavy atom. The number of amides is 1. The van der Waals surface area contributed by atoms with Crippen LogP contribution in [0, 0.1) is 0 Å². The number of thioether (sulfide) groups is 1. The summed E-state index contributed by atoms with van der Waals surface area (Å²) in [5, 5.41) is 4.07. The molecule has 1 amide bonds. The van der Waals surface area contributed by atoms with Crippen molar-refractivity contribution in [2.75, 3.05) is 25.3 Å². The van der Waals surface area contributed by atoms with Crippen LogP contribution in [0.2, 0.25) is 5.02 Å². The number of aromatic nitrogens is 2. The highest BCUT2D eigenvalue weighted by atomic mass is 35.5. The number of halogens is 1. The highest BCUT2D eigenvalue weighted by molar-refractivity contribution is 7.99. The molecule has 140 valence electrons. The topological polar surface area (TPSA) is 65.4 Å². The summed E-state index contributed by atoms with van der Waals surface area (Å²) in [6.45, 7) is 0. The molecular formula is C19H18ClN3O3S. The van der Waals surface area contributed by atoms with Gasteiger partial charge in [0.05, 0.1) is 25.7 Å². The van der Waals surface area contributed by atoms with Crippen molar-refractivity contribution >= 4 is 35.0 Å². The fraction of sp³-hybridized carbons (Fsp3) is 0.158. The molecule has 2 aromatic carbocycles. The number of nitrogens with zero attached hydrogens (tertiary/aromatic N) is 2. The van der Waals surface area contributed by atoms with Crippen LogP contribution in [-0.4, -0.2) is 35.4 Å². The molecule has 0 unspecified atom stereocenters. The number of imidazole rings is 1. The second-order valence-electron chi connectivity index (χ2n) is 5.46. The quantitative estimate of drug-likeness (QED) is 0.596. The van der Waals surface area contributed by atoms with Crippen molar-refractivity contribution in [1.29, 1.82) is 0 Å². The molecule has 0 aliphatic carbocycles.